The summed E-state index contributed by atoms with van der Waals surface area (Å²) in [6.45, 7) is 0. The van der Waals surface area contributed by atoms with Crippen LogP contribution >= 0.6 is 15.9 Å². The summed E-state index contributed by atoms with van der Waals surface area (Å²) in [7, 11) is 0. The zero-order valence-corrected chi connectivity index (χ0v) is 17.3. The molecule has 0 spiro atoms. The lowest BCUT2D eigenvalue weighted by atomic mass is 9.99. The highest BCUT2D eigenvalue weighted by atomic mass is 79.9. The van der Waals surface area contributed by atoms with Crippen molar-refractivity contribution >= 4 is 33.3 Å². The number of hydrogen-bond acceptors (Lipinski definition) is 3. The standard InChI is InChI=1S/C22H17BrFN5O/c23-17-4-5-19(24)20(13-17)28-22(30)27-18-3-1-2-16(12-18)21(29-11-10-26-14-29)15-6-8-25-9-7-15/h1-14,21H,(H2,27,28,30). The van der Waals surface area contributed by atoms with Crippen LogP contribution in [0, 0.1) is 5.82 Å². The molecule has 0 aliphatic heterocycles. The van der Waals surface area contributed by atoms with Crippen molar-refractivity contribution < 1.29 is 9.18 Å². The van der Waals surface area contributed by atoms with Gasteiger partial charge in [0.25, 0.3) is 0 Å². The van der Waals surface area contributed by atoms with Crippen LogP contribution in [0.5, 0.6) is 0 Å². The van der Waals surface area contributed by atoms with Crippen molar-refractivity contribution in [2.24, 2.45) is 0 Å². The maximum absolute atomic E-state index is 13.9. The third-order valence-electron chi connectivity index (χ3n) is 4.48. The van der Waals surface area contributed by atoms with E-state index in [0.29, 0.717) is 10.2 Å². The van der Waals surface area contributed by atoms with E-state index in [9.17, 15) is 9.18 Å². The summed E-state index contributed by atoms with van der Waals surface area (Å²) in [6, 6.07) is 15.0. The first-order valence-corrected chi connectivity index (χ1v) is 9.90. The van der Waals surface area contributed by atoms with Gasteiger partial charge in [0.2, 0.25) is 0 Å². The molecule has 2 amide bonds. The molecule has 0 bridgehead atoms. The number of imidazole rings is 1. The van der Waals surface area contributed by atoms with Gasteiger partial charge in [-0.25, -0.2) is 14.2 Å². The minimum absolute atomic E-state index is 0.0890. The fourth-order valence-corrected chi connectivity index (χ4v) is 3.53. The number of amides is 2. The second-order valence-electron chi connectivity index (χ2n) is 6.52. The van der Waals surface area contributed by atoms with E-state index < -0.39 is 11.8 Å². The highest BCUT2D eigenvalue weighted by Crippen LogP contribution is 2.28. The zero-order valence-electron chi connectivity index (χ0n) is 15.7. The fourth-order valence-electron chi connectivity index (χ4n) is 3.17. The average Bonchev–Trinajstić information content (AvgIpc) is 3.26. The van der Waals surface area contributed by atoms with Crippen molar-refractivity contribution in [3.8, 4) is 0 Å². The van der Waals surface area contributed by atoms with Crippen LogP contribution in [0.2, 0.25) is 0 Å². The minimum Gasteiger partial charge on any atom is -0.326 e. The van der Waals surface area contributed by atoms with Crippen LogP contribution in [0.1, 0.15) is 17.2 Å². The molecule has 0 saturated heterocycles. The Hall–Kier alpha value is -3.52. The molecular weight excluding hydrogens is 449 g/mol. The Bertz CT molecular complexity index is 1150. The van der Waals surface area contributed by atoms with Gasteiger partial charge < -0.3 is 15.2 Å². The molecule has 2 aromatic carbocycles. The lowest BCUT2D eigenvalue weighted by Gasteiger charge is -2.20. The predicted molar refractivity (Wildman–Crippen MR) is 117 cm³/mol. The summed E-state index contributed by atoms with van der Waals surface area (Å²) in [5.74, 6) is -0.514. The topological polar surface area (TPSA) is 71.8 Å². The van der Waals surface area contributed by atoms with E-state index in [1.54, 1.807) is 37.1 Å². The highest BCUT2D eigenvalue weighted by molar-refractivity contribution is 9.10. The van der Waals surface area contributed by atoms with Gasteiger partial charge in [-0.15, -0.1) is 0 Å². The van der Waals surface area contributed by atoms with E-state index in [2.05, 4.69) is 36.5 Å². The molecule has 6 nitrogen and oxygen atoms in total. The molecular formula is C22H17BrFN5O. The van der Waals surface area contributed by atoms with Gasteiger partial charge in [-0.3, -0.25) is 4.98 Å². The Morgan fingerprint density at radius 1 is 0.967 bits per heavy atom. The quantitative estimate of drug-likeness (QED) is 0.410. The second-order valence-corrected chi connectivity index (χ2v) is 7.44. The number of aromatic nitrogens is 3. The van der Waals surface area contributed by atoms with Gasteiger partial charge in [-0.2, -0.15) is 0 Å². The summed E-state index contributed by atoms with van der Waals surface area (Å²) in [5, 5.41) is 5.29. The van der Waals surface area contributed by atoms with Gasteiger partial charge in [0.1, 0.15) is 5.82 Å². The van der Waals surface area contributed by atoms with Crippen molar-refractivity contribution in [2.75, 3.05) is 10.6 Å². The number of benzene rings is 2. The SMILES string of the molecule is O=C(Nc1cccc(C(c2ccncc2)n2ccnc2)c1)Nc1cc(Br)ccc1F. The number of nitrogens with zero attached hydrogens (tertiary/aromatic N) is 3. The molecule has 8 heteroatoms. The van der Waals surface area contributed by atoms with Crippen molar-refractivity contribution in [3.63, 3.8) is 0 Å². The molecule has 2 N–H and O–H groups in total. The van der Waals surface area contributed by atoms with Gasteiger partial charge in [0.05, 0.1) is 18.1 Å². The van der Waals surface area contributed by atoms with Crippen LogP contribution in [0.3, 0.4) is 0 Å². The Morgan fingerprint density at radius 3 is 2.57 bits per heavy atom. The number of carbonyl (C=O) groups is 1. The Balaban J connectivity index is 1.58. The maximum atomic E-state index is 13.9. The molecule has 150 valence electrons. The zero-order chi connectivity index (χ0) is 20.9. The van der Waals surface area contributed by atoms with Gasteiger partial charge in [-0.1, -0.05) is 28.1 Å². The minimum atomic E-state index is -0.535. The van der Waals surface area contributed by atoms with Crippen molar-refractivity contribution in [1.29, 1.82) is 0 Å². The molecule has 4 rings (SSSR count). The molecule has 1 unspecified atom stereocenters. The molecule has 0 aliphatic carbocycles. The number of anilines is 2. The summed E-state index contributed by atoms with van der Waals surface area (Å²) in [4.78, 5) is 20.6. The van der Waals surface area contributed by atoms with E-state index in [1.165, 1.54) is 12.1 Å². The normalized spacial score (nSPS) is 11.7. The molecule has 4 aromatic rings. The molecule has 30 heavy (non-hydrogen) atoms. The highest BCUT2D eigenvalue weighted by Gasteiger charge is 2.17. The summed E-state index contributed by atoms with van der Waals surface area (Å²) < 4.78 is 16.6. The van der Waals surface area contributed by atoms with Crippen LogP contribution < -0.4 is 10.6 Å². The molecule has 0 radical (unpaired) electrons. The average molecular weight is 466 g/mol. The van der Waals surface area contributed by atoms with Crippen molar-refractivity contribution in [3.05, 3.63) is 107 Å². The van der Waals surface area contributed by atoms with E-state index >= 15 is 0 Å². The number of hydrogen-bond donors (Lipinski definition) is 2. The van der Waals surface area contributed by atoms with Crippen LogP contribution in [-0.2, 0) is 0 Å². The van der Waals surface area contributed by atoms with Gasteiger partial charge in [-0.05, 0) is 53.6 Å². The van der Waals surface area contributed by atoms with Crippen molar-refractivity contribution in [2.45, 2.75) is 6.04 Å². The summed E-state index contributed by atoms with van der Waals surface area (Å²) >= 11 is 3.27. The molecule has 0 saturated carbocycles. The van der Waals surface area contributed by atoms with Crippen LogP contribution in [0.25, 0.3) is 0 Å². The van der Waals surface area contributed by atoms with Crippen LogP contribution in [0.15, 0.2) is 90.2 Å². The number of urea groups is 1. The number of nitrogens with one attached hydrogen (secondary N) is 2. The predicted octanol–water partition coefficient (Wildman–Crippen LogP) is 5.46. The van der Waals surface area contributed by atoms with Crippen LogP contribution in [-0.4, -0.2) is 20.6 Å². The first-order valence-electron chi connectivity index (χ1n) is 9.10. The van der Waals surface area contributed by atoms with E-state index in [0.717, 1.165) is 11.1 Å². The van der Waals surface area contributed by atoms with Gasteiger partial charge >= 0.3 is 6.03 Å². The second kappa shape index (κ2) is 8.87. The summed E-state index contributed by atoms with van der Waals surface area (Å²) in [5.41, 5.74) is 2.65. The first-order chi connectivity index (χ1) is 14.6. The van der Waals surface area contributed by atoms with E-state index in [1.807, 2.05) is 41.1 Å². The number of halogens is 2. The first kappa shape index (κ1) is 19.8. The number of rotatable bonds is 5. The van der Waals surface area contributed by atoms with Gasteiger partial charge in [0.15, 0.2) is 0 Å². The smallest absolute Gasteiger partial charge is 0.323 e. The molecule has 2 heterocycles. The van der Waals surface area contributed by atoms with E-state index in [4.69, 9.17) is 0 Å². The largest absolute Gasteiger partial charge is 0.326 e. The Morgan fingerprint density at radius 2 is 1.80 bits per heavy atom. The third-order valence-corrected chi connectivity index (χ3v) is 4.97. The fraction of sp³-hybridized carbons (Fsp3) is 0.0455. The maximum Gasteiger partial charge on any atom is 0.323 e. The number of pyridine rings is 1. The lowest BCUT2D eigenvalue weighted by Crippen LogP contribution is -2.20. The molecule has 1 atom stereocenters. The van der Waals surface area contributed by atoms with E-state index in [-0.39, 0.29) is 11.7 Å². The Labute approximate surface area is 180 Å². The molecule has 0 aliphatic rings. The molecule has 0 fully saturated rings. The van der Waals surface area contributed by atoms with Crippen LogP contribution in [0.4, 0.5) is 20.6 Å². The number of carbonyl (C=O) groups excluding carboxylic acids is 1. The lowest BCUT2D eigenvalue weighted by molar-refractivity contribution is 0.262. The van der Waals surface area contributed by atoms with Crippen molar-refractivity contribution in [1.82, 2.24) is 14.5 Å². The molecule has 2 aromatic heterocycles. The summed E-state index contributed by atoms with van der Waals surface area (Å²) in [6.07, 6.45) is 8.82. The van der Waals surface area contributed by atoms with Gasteiger partial charge in [0, 0.05) is 34.9 Å². The monoisotopic (exact) mass is 465 g/mol. The third kappa shape index (κ3) is 4.55. The Kier molecular flexibility index (Phi) is 5.85.